The van der Waals surface area contributed by atoms with Gasteiger partial charge in [0.15, 0.2) is 0 Å². The Hall–Kier alpha value is -0.0800. The lowest BCUT2D eigenvalue weighted by molar-refractivity contribution is -0.0324. The highest BCUT2D eigenvalue weighted by atomic mass is 16.5. The summed E-state index contributed by atoms with van der Waals surface area (Å²) in [6, 6.07) is 0. The first-order valence-electron chi connectivity index (χ1n) is 6.11. The normalized spacial score (nSPS) is 13.2. The van der Waals surface area contributed by atoms with Gasteiger partial charge >= 0.3 is 0 Å². The Morgan fingerprint density at radius 3 is 2.07 bits per heavy atom. The number of ether oxygens (including phenoxy) is 1. The van der Waals surface area contributed by atoms with E-state index < -0.39 is 0 Å². The van der Waals surface area contributed by atoms with Crippen LogP contribution in [0.1, 0.15) is 54.4 Å². The fraction of sp³-hybridized carbons (Fsp3) is 1.00. The first-order valence-corrected chi connectivity index (χ1v) is 6.11. The Labute approximate surface area is 95.8 Å². The van der Waals surface area contributed by atoms with Gasteiger partial charge in [-0.2, -0.15) is 0 Å². The van der Waals surface area contributed by atoms with E-state index in [1.807, 2.05) is 0 Å². The van der Waals surface area contributed by atoms with Crippen molar-refractivity contribution in [1.82, 2.24) is 5.32 Å². The number of hydrogen-bond acceptors (Lipinski definition) is 2. The van der Waals surface area contributed by atoms with Crippen molar-refractivity contribution in [2.75, 3.05) is 19.7 Å². The van der Waals surface area contributed by atoms with Gasteiger partial charge in [-0.3, -0.25) is 0 Å². The molecule has 0 saturated heterocycles. The zero-order valence-corrected chi connectivity index (χ0v) is 11.4. The van der Waals surface area contributed by atoms with E-state index >= 15 is 0 Å². The Bertz CT molecular complexity index is 158. The third-order valence-electron chi connectivity index (χ3n) is 2.50. The smallest absolute Gasteiger partial charge is 0.0638 e. The van der Waals surface area contributed by atoms with Crippen molar-refractivity contribution in [3.8, 4) is 0 Å². The van der Waals surface area contributed by atoms with Crippen LogP contribution in [-0.4, -0.2) is 25.3 Å². The van der Waals surface area contributed by atoms with E-state index in [2.05, 4.69) is 46.9 Å². The second-order valence-corrected chi connectivity index (χ2v) is 6.02. The molecular weight excluding hydrogens is 186 g/mol. The lowest BCUT2D eigenvalue weighted by Gasteiger charge is -2.27. The third-order valence-corrected chi connectivity index (χ3v) is 2.50. The van der Waals surface area contributed by atoms with Crippen molar-refractivity contribution < 1.29 is 4.74 Å². The van der Waals surface area contributed by atoms with E-state index in [0.717, 1.165) is 32.5 Å². The lowest BCUT2D eigenvalue weighted by Crippen LogP contribution is -2.31. The van der Waals surface area contributed by atoms with Crippen LogP contribution in [0.4, 0.5) is 0 Å². The Kier molecular flexibility index (Phi) is 6.46. The molecule has 0 radical (unpaired) electrons. The Balaban J connectivity index is 3.64. The van der Waals surface area contributed by atoms with E-state index in [-0.39, 0.29) is 5.60 Å². The summed E-state index contributed by atoms with van der Waals surface area (Å²) in [5.74, 6) is 0. The first-order chi connectivity index (χ1) is 6.77. The quantitative estimate of drug-likeness (QED) is 0.658. The van der Waals surface area contributed by atoms with Crippen molar-refractivity contribution in [1.29, 1.82) is 0 Å². The second-order valence-electron chi connectivity index (χ2n) is 6.02. The predicted molar refractivity (Wildman–Crippen MR) is 67.3 cm³/mol. The van der Waals surface area contributed by atoms with E-state index in [0.29, 0.717) is 5.41 Å². The molecule has 0 atom stereocenters. The summed E-state index contributed by atoms with van der Waals surface area (Å²) >= 11 is 0. The summed E-state index contributed by atoms with van der Waals surface area (Å²) in [4.78, 5) is 0. The van der Waals surface area contributed by atoms with Crippen LogP contribution >= 0.6 is 0 Å². The van der Waals surface area contributed by atoms with Crippen LogP contribution in [0.2, 0.25) is 0 Å². The topological polar surface area (TPSA) is 21.3 Å². The maximum atomic E-state index is 5.91. The number of hydrogen-bond donors (Lipinski definition) is 1. The van der Waals surface area contributed by atoms with Crippen LogP contribution in [0.15, 0.2) is 0 Å². The summed E-state index contributed by atoms with van der Waals surface area (Å²) in [6.45, 7) is 16.2. The zero-order chi connectivity index (χ0) is 11.9. The summed E-state index contributed by atoms with van der Waals surface area (Å²) in [5.41, 5.74) is 0.380. The predicted octanol–water partition coefficient (Wildman–Crippen LogP) is 3.22. The van der Waals surface area contributed by atoms with Gasteiger partial charge in [0, 0.05) is 6.61 Å². The van der Waals surface area contributed by atoms with Crippen molar-refractivity contribution in [3.63, 3.8) is 0 Å². The Morgan fingerprint density at radius 2 is 1.60 bits per heavy atom. The molecule has 0 heterocycles. The molecule has 0 aliphatic rings. The standard InChI is InChI=1S/C13H29NO/c1-7-14-10-8-13(5,6)15-11-9-12(2,3)4/h14H,7-11H2,1-6H3. The van der Waals surface area contributed by atoms with Gasteiger partial charge < -0.3 is 10.1 Å². The highest BCUT2D eigenvalue weighted by Gasteiger charge is 2.19. The van der Waals surface area contributed by atoms with Crippen molar-refractivity contribution in [3.05, 3.63) is 0 Å². The summed E-state index contributed by atoms with van der Waals surface area (Å²) < 4.78 is 5.91. The molecule has 1 N–H and O–H groups in total. The molecule has 2 heteroatoms. The molecule has 0 bridgehead atoms. The maximum Gasteiger partial charge on any atom is 0.0638 e. The molecule has 0 aromatic carbocycles. The van der Waals surface area contributed by atoms with Gasteiger partial charge in [-0.05, 0) is 45.2 Å². The van der Waals surface area contributed by atoms with Crippen LogP contribution in [0.25, 0.3) is 0 Å². The molecule has 0 amide bonds. The Morgan fingerprint density at radius 1 is 1.00 bits per heavy atom. The fourth-order valence-electron chi connectivity index (χ4n) is 1.27. The zero-order valence-electron chi connectivity index (χ0n) is 11.4. The van der Waals surface area contributed by atoms with Crippen molar-refractivity contribution in [2.45, 2.75) is 60.0 Å². The fourth-order valence-corrected chi connectivity index (χ4v) is 1.27. The van der Waals surface area contributed by atoms with Gasteiger partial charge in [-0.15, -0.1) is 0 Å². The molecular formula is C13H29NO. The molecule has 0 spiro atoms. The van der Waals surface area contributed by atoms with E-state index in [1.54, 1.807) is 0 Å². The van der Waals surface area contributed by atoms with Crippen LogP contribution in [0.3, 0.4) is 0 Å². The molecule has 0 saturated carbocycles. The molecule has 0 unspecified atom stereocenters. The minimum absolute atomic E-state index is 0.00736. The van der Waals surface area contributed by atoms with Gasteiger partial charge in [-0.25, -0.2) is 0 Å². The van der Waals surface area contributed by atoms with Crippen LogP contribution < -0.4 is 5.32 Å². The van der Waals surface area contributed by atoms with Gasteiger partial charge in [0.25, 0.3) is 0 Å². The van der Waals surface area contributed by atoms with Gasteiger partial charge in [0.1, 0.15) is 0 Å². The average molecular weight is 215 g/mol. The highest BCUT2D eigenvalue weighted by molar-refractivity contribution is 4.71. The maximum absolute atomic E-state index is 5.91. The van der Waals surface area contributed by atoms with E-state index in [1.165, 1.54) is 0 Å². The monoisotopic (exact) mass is 215 g/mol. The van der Waals surface area contributed by atoms with E-state index in [9.17, 15) is 0 Å². The molecule has 92 valence electrons. The SMILES string of the molecule is CCNCCC(C)(C)OCCC(C)(C)C. The minimum Gasteiger partial charge on any atom is -0.376 e. The minimum atomic E-state index is 0.00736. The van der Waals surface area contributed by atoms with Crippen molar-refractivity contribution in [2.24, 2.45) is 5.41 Å². The van der Waals surface area contributed by atoms with Crippen LogP contribution in [0.5, 0.6) is 0 Å². The molecule has 15 heavy (non-hydrogen) atoms. The van der Waals surface area contributed by atoms with Gasteiger partial charge in [0.2, 0.25) is 0 Å². The summed E-state index contributed by atoms with van der Waals surface area (Å²) in [5, 5.41) is 3.33. The van der Waals surface area contributed by atoms with Crippen LogP contribution in [-0.2, 0) is 4.74 Å². The molecule has 0 aliphatic heterocycles. The van der Waals surface area contributed by atoms with Gasteiger partial charge in [0.05, 0.1) is 5.60 Å². The molecule has 0 rings (SSSR count). The summed E-state index contributed by atoms with van der Waals surface area (Å²) in [6.07, 6.45) is 2.20. The van der Waals surface area contributed by atoms with Crippen molar-refractivity contribution >= 4 is 0 Å². The lowest BCUT2D eigenvalue weighted by atomic mass is 9.93. The first kappa shape index (κ1) is 14.9. The molecule has 2 nitrogen and oxygen atoms in total. The van der Waals surface area contributed by atoms with Crippen LogP contribution in [0, 0.1) is 5.41 Å². The van der Waals surface area contributed by atoms with E-state index in [4.69, 9.17) is 4.74 Å². The molecule has 0 aromatic heterocycles. The molecule has 0 aliphatic carbocycles. The second kappa shape index (κ2) is 6.49. The third kappa shape index (κ3) is 10.2. The summed E-state index contributed by atoms with van der Waals surface area (Å²) in [7, 11) is 0. The molecule has 0 fully saturated rings. The van der Waals surface area contributed by atoms with Gasteiger partial charge in [-0.1, -0.05) is 27.7 Å². The molecule has 0 aromatic rings. The average Bonchev–Trinajstić information content (AvgIpc) is 2.01. The number of nitrogens with one attached hydrogen (secondary N) is 1. The highest BCUT2D eigenvalue weighted by Crippen LogP contribution is 2.21. The largest absolute Gasteiger partial charge is 0.376 e. The number of rotatable bonds is 7.